The molecule has 1 fully saturated rings. The second-order valence-electron chi connectivity index (χ2n) is 4.77. The average molecular weight is 229 g/mol. The number of hydrogen-bond donors (Lipinski definition) is 0. The summed E-state index contributed by atoms with van der Waals surface area (Å²) in [5.41, 5.74) is 2.85. The highest BCUT2D eigenvalue weighted by Crippen LogP contribution is 2.26. The van der Waals surface area contributed by atoms with Crippen molar-refractivity contribution in [2.45, 2.75) is 32.1 Å². The van der Waals surface area contributed by atoms with E-state index in [0.29, 0.717) is 5.92 Å². The van der Waals surface area contributed by atoms with Gasteiger partial charge in [-0.2, -0.15) is 5.26 Å². The standard InChI is InChI=1S/C14H19N3/c1-3-13-12(10-15)4-5-14(16-13)11-6-8-17(2)9-7-11/h4-5,11H,3,6-9H2,1-2H3. The molecule has 3 heteroatoms. The summed E-state index contributed by atoms with van der Waals surface area (Å²) in [4.78, 5) is 7.03. The minimum absolute atomic E-state index is 0.573. The third-order valence-electron chi connectivity index (χ3n) is 3.59. The summed E-state index contributed by atoms with van der Waals surface area (Å²) in [7, 11) is 2.17. The second-order valence-corrected chi connectivity index (χ2v) is 4.77. The van der Waals surface area contributed by atoms with E-state index in [1.165, 1.54) is 18.5 Å². The number of nitrogens with zero attached hydrogens (tertiary/aromatic N) is 3. The Hall–Kier alpha value is -1.40. The molecule has 0 aromatic carbocycles. The molecule has 1 saturated heterocycles. The average Bonchev–Trinajstić information content (AvgIpc) is 2.39. The van der Waals surface area contributed by atoms with Gasteiger partial charge in [0.25, 0.3) is 0 Å². The maximum atomic E-state index is 8.99. The van der Waals surface area contributed by atoms with Gasteiger partial charge in [-0.05, 0) is 51.5 Å². The first-order valence-electron chi connectivity index (χ1n) is 6.33. The SMILES string of the molecule is CCc1nc(C2CCN(C)CC2)ccc1C#N. The van der Waals surface area contributed by atoms with E-state index in [4.69, 9.17) is 5.26 Å². The normalized spacial score (nSPS) is 17.9. The third-order valence-corrected chi connectivity index (χ3v) is 3.59. The van der Waals surface area contributed by atoms with Crippen molar-refractivity contribution in [3.63, 3.8) is 0 Å². The van der Waals surface area contributed by atoms with Crippen molar-refractivity contribution in [3.05, 3.63) is 29.1 Å². The van der Waals surface area contributed by atoms with Crippen LogP contribution in [0, 0.1) is 11.3 Å². The van der Waals surface area contributed by atoms with Gasteiger partial charge in [-0.25, -0.2) is 0 Å². The first-order valence-corrected chi connectivity index (χ1v) is 6.33. The number of pyridine rings is 1. The number of rotatable bonds is 2. The van der Waals surface area contributed by atoms with Gasteiger partial charge in [0.15, 0.2) is 0 Å². The molecule has 2 rings (SSSR count). The number of aryl methyl sites for hydroxylation is 1. The zero-order valence-corrected chi connectivity index (χ0v) is 10.6. The predicted molar refractivity (Wildman–Crippen MR) is 67.8 cm³/mol. The summed E-state index contributed by atoms with van der Waals surface area (Å²) in [6.45, 7) is 4.35. The van der Waals surface area contributed by atoms with Gasteiger partial charge in [0.2, 0.25) is 0 Å². The number of likely N-dealkylation sites (tertiary alicyclic amines) is 1. The van der Waals surface area contributed by atoms with Crippen molar-refractivity contribution >= 4 is 0 Å². The highest BCUT2D eigenvalue weighted by atomic mass is 15.1. The van der Waals surface area contributed by atoms with Crippen molar-refractivity contribution in [2.24, 2.45) is 0 Å². The molecule has 0 aliphatic carbocycles. The third kappa shape index (κ3) is 2.65. The van der Waals surface area contributed by atoms with Gasteiger partial charge < -0.3 is 4.90 Å². The summed E-state index contributed by atoms with van der Waals surface area (Å²) in [5.74, 6) is 0.573. The lowest BCUT2D eigenvalue weighted by molar-refractivity contribution is 0.253. The Balaban J connectivity index is 2.19. The van der Waals surface area contributed by atoms with E-state index in [1.807, 2.05) is 12.1 Å². The van der Waals surface area contributed by atoms with E-state index in [2.05, 4.69) is 29.9 Å². The van der Waals surface area contributed by atoms with Crippen molar-refractivity contribution in [1.29, 1.82) is 5.26 Å². The van der Waals surface area contributed by atoms with Crippen LogP contribution in [0.5, 0.6) is 0 Å². The van der Waals surface area contributed by atoms with Crippen LogP contribution in [0.4, 0.5) is 0 Å². The Kier molecular flexibility index (Phi) is 3.75. The highest BCUT2D eigenvalue weighted by Gasteiger charge is 2.20. The van der Waals surface area contributed by atoms with Crippen molar-refractivity contribution in [3.8, 4) is 6.07 Å². The molecule has 0 saturated carbocycles. The van der Waals surface area contributed by atoms with Gasteiger partial charge in [-0.15, -0.1) is 0 Å². The molecule has 0 atom stereocenters. The van der Waals surface area contributed by atoms with Gasteiger partial charge in [-0.1, -0.05) is 6.92 Å². The molecule has 1 aromatic heterocycles. The molecule has 1 aliphatic heterocycles. The number of piperidine rings is 1. The second kappa shape index (κ2) is 5.29. The maximum Gasteiger partial charge on any atom is 0.101 e. The van der Waals surface area contributed by atoms with E-state index in [0.717, 1.165) is 30.8 Å². The smallest absolute Gasteiger partial charge is 0.101 e. The van der Waals surface area contributed by atoms with Crippen LogP contribution in [-0.2, 0) is 6.42 Å². The highest BCUT2D eigenvalue weighted by molar-refractivity contribution is 5.35. The molecule has 1 aliphatic rings. The van der Waals surface area contributed by atoms with Crippen LogP contribution in [0.2, 0.25) is 0 Å². The van der Waals surface area contributed by atoms with E-state index in [1.54, 1.807) is 0 Å². The minimum Gasteiger partial charge on any atom is -0.306 e. The van der Waals surface area contributed by atoms with E-state index < -0.39 is 0 Å². The number of aromatic nitrogens is 1. The molecule has 0 radical (unpaired) electrons. The molecule has 0 bridgehead atoms. The van der Waals surface area contributed by atoms with Gasteiger partial charge in [0.1, 0.15) is 6.07 Å². The summed E-state index contributed by atoms with van der Waals surface area (Å²) in [6.07, 6.45) is 3.19. The van der Waals surface area contributed by atoms with Crippen LogP contribution in [0.25, 0.3) is 0 Å². The molecular formula is C14H19N3. The zero-order chi connectivity index (χ0) is 12.3. The molecule has 0 unspecified atom stereocenters. The fraction of sp³-hybridized carbons (Fsp3) is 0.571. The first kappa shape index (κ1) is 12.1. The molecule has 17 heavy (non-hydrogen) atoms. The lowest BCUT2D eigenvalue weighted by Crippen LogP contribution is -2.29. The minimum atomic E-state index is 0.573. The summed E-state index contributed by atoms with van der Waals surface area (Å²) in [6, 6.07) is 6.18. The summed E-state index contributed by atoms with van der Waals surface area (Å²) >= 11 is 0. The number of nitriles is 1. The Morgan fingerprint density at radius 3 is 2.71 bits per heavy atom. The quantitative estimate of drug-likeness (QED) is 0.781. The predicted octanol–water partition coefficient (Wildman–Crippen LogP) is 2.32. The molecule has 0 spiro atoms. The summed E-state index contributed by atoms with van der Waals surface area (Å²) < 4.78 is 0. The molecule has 1 aromatic rings. The topological polar surface area (TPSA) is 39.9 Å². The van der Waals surface area contributed by atoms with Crippen LogP contribution in [-0.4, -0.2) is 30.0 Å². The van der Waals surface area contributed by atoms with Crippen LogP contribution < -0.4 is 0 Å². The lowest BCUT2D eigenvalue weighted by Gasteiger charge is -2.28. The van der Waals surface area contributed by atoms with Crippen molar-refractivity contribution in [1.82, 2.24) is 9.88 Å². The molecule has 2 heterocycles. The van der Waals surface area contributed by atoms with Crippen molar-refractivity contribution < 1.29 is 0 Å². The van der Waals surface area contributed by atoms with E-state index in [9.17, 15) is 0 Å². The largest absolute Gasteiger partial charge is 0.306 e. The molecule has 0 amide bonds. The Morgan fingerprint density at radius 1 is 1.41 bits per heavy atom. The molecule has 0 N–H and O–H groups in total. The fourth-order valence-corrected chi connectivity index (χ4v) is 2.42. The molecular weight excluding hydrogens is 210 g/mol. The summed E-state index contributed by atoms with van der Waals surface area (Å²) in [5, 5.41) is 8.99. The monoisotopic (exact) mass is 229 g/mol. The van der Waals surface area contributed by atoms with Crippen molar-refractivity contribution in [2.75, 3.05) is 20.1 Å². The van der Waals surface area contributed by atoms with Crippen LogP contribution in [0.3, 0.4) is 0 Å². The van der Waals surface area contributed by atoms with Gasteiger partial charge in [-0.3, -0.25) is 4.98 Å². The Bertz CT molecular complexity index is 426. The van der Waals surface area contributed by atoms with E-state index in [-0.39, 0.29) is 0 Å². The maximum absolute atomic E-state index is 8.99. The van der Waals surface area contributed by atoms with Crippen LogP contribution in [0.1, 0.15) is 42.6 Å². The van der Waals surface area contributed by atoms with Gasteiger partial charge in [0, 0.05) is 11.6 Å². The molecule has 3 nitrogen and oxygen atoms in total. The number of hydrogen-bond acceptors (Lipinski definition) is 3. The lowest BCUT2D eigenvalue weighted by atomic mass is 9.92. The van der Waals surface area contributed by atoms with Crippen LogP contribution >= 0.6 is 0 Å². The first-order chi connectivity index (χ1) is 8.24. The van der Waals surface area contributed by atoms with E-state index >= 15 is 0 Å². The Morgan fingerprint density at radius 2 is 2.12 bits per heavy atom. The Labute approximate surface area is 103 Å². The van der Waals surface area contributed by atoms with Gasteiger partial charge >= 0.3 is 0 Å². The molecule has 90 valence electrons. The van der Waals surface area contributed by atoms with Crippen LogP contribution in [0.15, 0.2) is 12.1 Å². The fourth-order valence-electron chi connectivity index (χ4n) is 2.42. The zero-order valence-electron chi connectivity index (χ0n) is 10.6. The van der Waals surface area contributed by atoms with Gasteiger partial charge in [0.05, 0.1) is 11.3 Å².